The van der Waals surface area contributed by atoms with Crippen LogP contribution in [0.15, 0.2) is 18.2 Å². The molecule has 3 rings (SSSR count). The van der Waals surface area contributed by atoms with Gasteiger partial charge in [0.25, 0.3) is 0 Å². The van der Waals surface area contributed by atoms with Crippen LogP contribution >= 0.6 is 0 Å². The minimum atomic E-state index is 0.0148. The van der Waals surface area contributed by atoms with Crippen LogP contribution in [-0.2, 0) is 11.2 Å². The SMILES string of the molecule is O=C1Cc2cc(C(=O)C3CC3)ccc2N1. The van der Waals surface area contributed by atoms with Gasteiger partial charge >= 0.3 is 0 Å². The monoisotopic (exact) mass is 201 g/mol. The van der Waals surface area contributed by atoms with Gasteiger partial charge in [-0.2, -0.15) is 0 Å². The Kier molecular flexibility index (Phi) is 1.69. The predicted molar refractivity (Wildman–Crippen MR) is 55.8 cm³/mol. The fraction of sp³-hybridized carbons (Fsp3) is 0.333. The van der Waals surface area contributed by atoms with Crippen molar-refractivity contribution in [2.45, 2.75) is 19.3 Å². The summed E-state index contributed by atoms with van der Waals surface area (Å²) >= 11 is 0. The Balaban J connectivity index is 1.95. The highest BCUT2D eigenvalue weighted by Gasteiger charge is 2.31. The summed E-state index contributed by atoms with van der Waals surface area (Å²) in [6.07, 6.45) is 2.45. The minimum Gasteiger partial charge on any atom is -0.326 e. The van der Waals surface area contributed by atoms with Crippen molar-refractivity contribution in [3.63, 3.8) is 0 Å². The first-order valence-electron chi connectivity index (χ1n) is 5.21. The lowest BCUT2D eigenvalue weighted by Crippen LogP contribution is -2.03. The van der Waals surface area contributed by atoms with Crippen molar-refractivity contribution in [2.24, 2.45) is 5.92 Å². The molecule has 1 fully saturated rings. The highest BCUT2D eigenvalue weighted by atomic mass is 16.1. The van der Waals surface area contributed by atoms with Gasteiger partial charge in [0.05, 0.1) is 6.42 Å². The molecule has 1 amide bonds. The quantitative estimate of drug-likeness (QED) is 0.741. The normalized spacial score (nSPS) is 18.5. The molecule has 1 aromatic carbocycles. The van der Waals surface area contributed by atoms with E-state index in [2.05, 4.69) is 5.32 Å². The molecule has 0 unspecified atom stereocenters. The molecule has 0 saturated heterocycles. The van der Waals surface area contributed by atoms with Crippen LogP contribution in [0, 0.1) is 5.92 Å². The summed E-state index contributed by atoms with van der Waals surface area (Å²) < 4.78 is 0. The van der Waals surface area contributed by atoms with Gasteiger partial charge in [-0.05, 0) is 36.6 Å². The zero-order chi connectivity index (χ0) is 10.4. The lowest BCUT2D eigenvalue weighted by Gasteiger charge is -2.02. The summed E-state index contributed by atoms with van der Waals surface area (Å²) in [7, 11) is 0. The predicted octanol–water partition coefficient (Wildman–Crippen LogP) is 1.77. The standard InChI is InChI=1S/C12H11NO2/c14-11-6-9-5-8(3-4-10(9)13-11)12(15)7-1-2-7/h3-5,7H,1-2,6H2,(H,13,14). The van der Waals surface area contributed by atoms with Crippen molar-refractivity contribution < 1.29 is 9.59 Å². The Labute approximate surface area is 87.5 Å². The summed E-state index contributed by atoms with van der Waals surface area (Å²) in [5.74, 6) is 0.492. The van der Waals surface area contributed by atoms with Crippen molar-refractivity contribution in [2.75, 3.05) is 5.32 Å². The van der Waals surface area contributed by atoms with Gasteiger partial charge in [0.2, 0.25) is 5.91 Å². The lowest BCUT2D eigenvalue weighted by molar-refractivity contribution is -0.115. The maximum absolute atomic E-state index is 11.8. The molecular weight excluding hydrogens is 190 g/mol. The third-order valence-electron chi connectivity index (χ3n) is 2.96. The lowest BCUT2D eigenvalue weighted by atomic mass is 10.0. The molecule has 1 aromatic rings. The van der Waals surface area contributed by atoms with E-state index in [0.29, 0.717) is 6.42 Å². The fourth-order valence-electron chi connectivity index (χ4n) is 1.96. The number of Topliss-reactive ketones (excluding diaryl/α,β-unsaturated/α-hetero) is 1. The second-order valence-electron chi connectivity index (χ2n) is 4.24. The van der Waals surface area contributed by atoms with Crippen LogP contribution in [0.3, 0.4) is 0 Å². The Morgan fingerprint density at radius 3 is 2.87 bits per heavy atom. The van der Waals surface area contributed by atoms with Crippen molar-refractivity contribution in [3.8, 4) is 0 Å². The molecule has 1 heterocycles. The number of nitrogens with one attached hydrogen (secondary N) is 1. The second kappa shape index (κ2) is 2.92. The summed E-state index contributed by atoms with van der Waals surface area (Å²) in [6, 6.07) is 5.49. The first-order valence-corrected chi connectivity index (χ1v) is 5.21. The molecule has 1 N–H and O–H groups in total. The average Bonchev–Trinajstić information content (AvgIpc) is 2.98. The molecule has 0 aromatic heterocycles. The van der Waals surface area contributed by atoms with E-state index in [4.69, 9.17) is 0 Å². The summed E-state index contributed by atoms with van der Waals surface area (Å²) in [5.41, 5.74) is 2.56. The van der Waals surface area contributed by atoms with Gasteiger partial charge in [-0.3, -0.25) is 9.59 Å². The number of carbonyl (C=O) groups excluding carboxylic acids is 2. The van der Waals surface area contributed by atoms with E-state index in [0.717, 1.165) is 29.7 Å². The number of amides is 1. The number of hydrogen-bond acceptors (Lipinski definition) is 2. The summed E-state index contributed by atoms with van der Waals surface area (Å²) in [5, 5.41) is 2.76. The molecule has 3 nitrogen and oxygen atoms in total. The number of carbonyl (C=O) groups is 2. The van der Waals surface area contributed by atoms with Crippen molar-refractivity contribution >= 4 is 17.4 Å². The maximum atomic E-state index is 11.8. The van der Waals surface area contributed by atoms with E-state index in [1.807, 2.05) is 18.2 Å². The third kappa shape index (κ3) is 1.44. The van der Waals surface area contributed by atoms with E-state index in [1.165, 1.54) is 0 Å². The Morgan fingerprint density at radius 1 is 1.33 bits per heavy atom. The minimum absolute atomic E-state index is 0.0148. The molecule has 0 bridgehead atoms. The molecule has 1 saturated carbocycles. The number of benzene rings is 1. The van der Waals surface area contributed by atoms with E-state index in [-0.39, 0.29) is 17.6 Å². The molecule has 1 aliphatic carbocycles. The second-order valence-corrected chi connectivity index (χ2v) is 4.24. The molecule has 0 atom stereocenters. The van der Waals surface area contributed by atoms with Gasteiger partial charge < -0.3 is 5.32 Å². The van der Waals surface area contributed by atoms with Crippen molar-refractivity contribution in [1.29, 1.82) is 0 Å². The van der Waals surface area contributed by atoms with Crippen LogP contribution in [0.25, 0.3) is 0 Å². The van der Waals surface area contributed by atoms with Gasteiger partial charge in [0.1, 0.15) is 0 Å². The first-order chi connectivity index (χ1) is 7.24. The Hall–Kier alpha value is -1.64. The van der Waals surface area contributed by atoms with E-state index in [1.54, 1.807) is 0 Å². The zero-order valence-electron chi connectivity index (χ0n) is 8.25. The van der Waals surface area contributed by atoms with Crippen LogP contribution < -0.4 is 5.32 Å². The van der Waals surface area contributed by atoms with Gasteiger partial charge in [0, 0.05) is 17.2 Å². The van der Waals surface area contributed by atoms with Crippen LogP contribution in [0.1, 0.15) is 28.8 Å². The maximum Gasteiger partial charge on any atom is 0.228 e. The van der Waals surface area contributed by atoms with Crippen LogP contribution in [0.2, 0.25) is 0 Å². The smallest absolute Gasteiger partial charge is 0.228 e. The molecule has 1 aliphatic heterocycles. The zero-order valence-corrected chi connectivity index (χ0v) is 8.25. The molecule has 0 radical (unpaired) electrons. The molecule has 2 aliphatic rings. The average molecular weight is 201 g/mol. The van der Waals surface area contributed by atoms with Crippen LogP contribution in [0.4, 0.5) is 5.69 Å². The number of ketones is 1. The van der Waals surface area contributed by atoms with Crippen LogP contribution in [-0.4, -0.2) is 11.7 Å². The number of hydrogen-bond donors (Lipinski definition) is 1. The van der Waals surface area contributed by atoms with Crippen LogP contribution in [0.5, 0.6) is 0 Å². The largest absolute Gasteiger partial charge is 0.326 e. The van der Waals surface area contributed by atoms with Gasteiger partial charge in [-0.15, -0.1) is 0 Å². The number of rotatable bonds is 2. The molecule has 0 spiro atoms. The highest BCUT2D eigenvalue weighted by Crippen LogP contribution is 2.34. The summed E-state index contributed by atoms with van der Waals surface area (Å²) in [6.45, 7) is 0. The Bertz CT molecular complexity index is 461. The van der Waals surface area contributed by atoms with Crippen molar-refractivity contribution in [3.05, 3.63) is 29.3 Å². The van der Waals surface area contributed by atoms with E-state index < -0.39 is 0 Å². The number of fused-ring (bicyclic) bond motifs is 1. The fourth-order valence-corrected chi connectivity index (χ4v) is 1.96. The first kappa shape index (κ1) is 8.65. The molecule has 76 valence electrons. The molecular formula is C12H11NO2. The summed E-state index contributed by atoms with van der Waals surface area (Å²) in [4.78, 5) is 22.9. The van der Waals surface area contributed by atoms with E-state index in [9.17, 15) is 9.59 Å². The van der Waals surface area contributed by atoms with Crippen molar-refractivity contribution in [1.82, 2.24) is 0 Å². The third-order valence-corrected chi connectivity index (χ3v) is 2.96. The van der Waals surface area contributed by atoms with Gasteiger partial charge in [-0.1, -0.05) is 0 Å². The highest BCUT2D eigenvalue weighted by molar-refractivity contribution is 6.03. The number of anilines is 1. The van der Waals surface area contributed by atoms with Gasteiger partial charge in [-0.25, -0.2) is 0 Å². The van der Waals surface area contributed by atoms with E-state index >= 15 is 0 Å². The molecule has 3 heteroatoms. The molecule has 15 heavy (non-hydrogen) atoms. The Morgan fingerprint density at radius 2 is 2.13 bits per heavy atom. The topological polar surface area (TPSA) is 46.2 Å². The van der Waals surface area contributed by atoms with Gasteiger partial charge in [0.15, 0.2) is 5.78 Å².